The predicted molar refractivity (Wildman–Crippen MR) is 61.2 cm³/mol. The maximum Gasteiger partial charge on any atom is 0.313 e. The first-order chi connectivity index (χ1) is 8.14. The quantitative estimate of drug-likeness (QED) is 0.693. The van der Waals surface area contributed by atoms with Crippen LogP contribution < -0.4 is 0 Å². The molecule has 1 saturated carbocycles. The maximum absolute atomic E-state index is 11.9. The first-order valence-corrected chi connectivity index (χ1v) is 6.45. The summed E-state index contributed by atoms with van der Waals surface area (Å²) >= 11 is 0. The van der Waals surface area contributed by atoms with Crippen molar-refractivity contribution in [2.75, 3.05) is 7.11 Å². The van der Waals surface area contributed by atoms with Crippen molar-refractivity contribution in [3.05, 3.63) is 0 Å². The van der Waals surface area contributed by atoms with Gasteiger partial charge < -0.3 is 9.47 Å². The summed E-state index contributed by atoms with van der Waals surface area (Å²) in [4.78, 5) is 23.8. The highest BCUT2D eigenvalue weighted by atomic mass is 16.6. The third-order valence-electron chi connectivity index (χ3n) is 4.17. The van der Waals surface area contributed by atoms with E-state index >= 15 is 0 Å². The van der Waals surface area contributed by atoms with E-state index in [4.69, 9.17) is 9.47 Å². The number of ether oxygens (including phenoxy) is 2. The van der Waals surface area contributed by atoms with Gasteiger partial charge in [0.15, 0.2) is 0 Å². The van der Waals surface area contributed by atoms with Gasteiger partial charge in [0.25, 0.3) is 0 Å². The Morgan fingerprint density at radius 2 is 2.06 bits per heavy atom. The highest BCUT2D eigenvalue weighted by molar-refractivity contribution is 5.86. The summed E-state index contributed by atoms with van der Waals surface area (Å²) in [5.41, 5.74) is -0.566. The number of rotatable bonds is 2. The van der Waals surface area contributed by atoms with E-state index < -0.39 is 11.5 Å². The van der Waals surface area contributed by atoms with Gasteiger partial charge in [0, 0.05) is 0 Å². The summed E-state index contributed by atoms with van der Waals surface area (Å²) in [5, 5.41) is 0. The highest BCUT2D eigenvalue weighted by Gasteiger charge is 2.58. The monoisotopic (exact) mass is 240 g/mol. The number of carbonyl (C=O) groups is 2. The third kappa shape index (κ3) is 1.94. The van der Waals surface area contributed by atoms with Gasteiger partial charge in [-0.05, 0) is 32.1 Å². The van der Waals surface area contributed by atoms with E-state index in [1.165, 1.54) is 7.11 Å². The van der Waals surface area contributed by atoms with Crippen molar-refractivity contribution in [1.82, 2.24) is 0 Å². The average Bonchev–Trinajstić information content (AvgIpc) is 2.61. The summed E-state index contributed by atoms with van der Waals surface area (Å²) in [6.07, 6.45) is 5.45. The lowest BCUT2D eigenvalue weighted by Gasteiger charge is -2.36. The molecule has 2 fully saturated rings. The van der Waals surface area contributed by atoms with Gasteiger partial charge in [-0.15, -0.1) is 0 Å². The van der Waals surface area contributed by atoms with Crippen LogP contribution in [0.25, 0.3) is 0 Å². The molecule has 0 aromatic carbocycles. The Morgan fingerprint density at radius 3 is 2.59 bits per heavy atom. The molecule has 0 aromatic heterocycles. The van der Waals surface area contributed by atoms with Gasteiger partial charge in [-0.2, -0.15) is 0 Å². The van der Waals surface area contributed by atoms with Gasteiger partial charge >= 0.3 is 11.9 Å². The van der Waals surface area contributed by atoms with Crippen molar-refractivity contribution in [3.63, 3.8) is 0 Å². The molecule has 0 amide bonds. The van der Waals surface area contributed by atoms with Gasteiger partial charge in [-0.1, -0.05) is 13.3 Å². The number of methoxy groups -OCH3 is 1. The molecule has 2 rings (SSSR count). The van der Waals surface area contributed by atoms with E-state index in [1.54, 1.807) is 0 Å². The van der Waals surface area contributed by atoms with Crippen LogP contribution in [0.2, 0.25) is 0 Å². The van der Waals surface area contributed by atoms with Crippen LogP contribution in [-0.2, 0) is 19.1 Å². The van der Waals surface area contributed by atoms with Gasteiger partial charge in [-0.3, -0.25) is 9.59 Å². The standard InChI is InChI=1S/C13H20O4/c1-3-9-10(12(15)16-2)13(17-11(9)14)7-5-4-6-8-13/h9-10H,3-8H2,1-2H3. The second-order valence-corrected chi connectivity index (χ2v) is 5.06. The normalized spacial score (nSPS) is 31.3. The van der Waals surface area contributed by atoms with Crippen LogP contribution in [0.4, 0.5) is 0 Å². The molecular formula is C13H20O4. The summed E-state index contributed by atoms with van der Waals surface area (Å²) in [6.45, 7) is 1.92. The molecule has 0 N–H and O–H groups in total. The molecule has 1 saturated heterocycles. The molecule has 96 valence electrons. The molecule has 2 aliphatic rings. The van der Waals surface area contributed by atoms with Crippen molar-refractivity contribution in [1.29, 1.82) is 0 Å². The Labute approximate surface area is 102 Å². The molecule has 1 aliphatic carbocycles. The maximum atomic E-state index is 11.9. The molecule has 0 aromatic rings. The topological polar surface area (TPSA) is 52.6 Å². The molecule has 2 unspecified atom stereocenters. The van der Waals surface area contributed by atoms with Crippen molar-refractivity contribution in [2.45, 2.75) is 51.0 Å². The minimum Gasteiger partial charge on any atom is -0.469 e. The first-order valence-electron chi connectivity index (χ1n) is 6.45. The summed E-state index contributed by atoms with van der Waals surface area (Å²) in [7, 11) is 1.38. The Bertz CT molecular complexity index is 317. The van der Waals surface area contributed by atoms with E-state index in [9.17, 15) is 9.59 Å². The fourth-order valence-electron chi connectivity index (χ4n) is 3.31. The van der Waals surface area contributed by atoms with Crippen molar-refractivity contribution < 1.29 is 19.1 Å². The van der Waals surface area contributed by atoms with Crippen LogP contribution in [-0.4, -0.2) is 24.6 Å². The molecule has 1 spiro atoms. The zero-order valence-electron chi connectivity index (χ0n) is 10.5. The van der Waals surface area contributed by atoms with Crippen LogP contribution >= 0.6 is 0 Å². The van der Waals surface area contributed by atoms with Crippen LogP contribution in [0.15, 0.2) is 0 Å². The average molecular weight is 240 g/mol. The highest BCUT2D eigenvalue weighted by Crippen LogP contribution is 2.48. The van der Waals surface area contributed by atoms with E-state index in [2.05, 4.69) is 0 Å². The molecule has 2 atom stereocenters. The van der Waals surface area contributed by atoms with Gasteiger partial charge in [0.1, 0.15) is 11.5 Å². The lowest BCUT2D eigenvalue weighted by molar-refractivity contribution is -0.159. The zero-order valence-corrected chi connectivity index (χ0v) is 10.5. The Hall–Kier alpha value is -1.06. The molecule has 4 heteroatoms. The molecule has 1 aliphatic heterocycles. The van der Waals surface area contributed by atoms with Crippen molar-refractivity contribution >= 4 is 11.9 Å². The van der Waals surface area contributed by atoms with Crippen molar-refractivity contribution in [2.24, 2.45) is 11.8 Å². The molecule has 1 heterocycles. The largest absolute Gasteiger partial charge is 0.469 e. The van der Waals surface area contributed by atoms with Crippen molar-refractivity contribution in [3.8, 4) is 0 Å². The molecular weight excluding hydrogens is 220 g/mol. The Balaban J connectivity index is 2.30. The van der Waals surface area contributed by atoms with Crippen LogP contribution in [0.1, 0.15) is 45.4 Å². The molecule has 4 nitrogen and oxygen atoms in total. The van der Waals surface area contributed by atoms with Gasteiger partial charge in [0.05, 0.1) is 13.0 Å². The molecule has 0 radical (unpaired) electrons. The SMILES string of the molecule is CCC1C(=O)OC2(CCCCC2)C1C(=O)OC. The number of hydrogen-bond acceptors (Lipinski definition) is 4. The summed E-state index contributed by atoms with van der Waals surface area (Å²) < 4.78 is 10.5. The smallest absolute Gasteiger partial charge is 0.313 e. The Kier molecular flexibility index (Phi) is 3.40. The van der Waals surface area contributed by atoms with E-state index in [0.717, 1.165) is 32.1 Å². The van der Waals surface area contributed by atoms with E-state index in [0.29, 0.717) is 6.42 Å². The fourth-order valence-corrected chi connectivity index (χ4v) is 3.31. The molecule has 0 bridgehead atoms. The second-order valence-electron chi connectivity index (χ2n) is 5.06. The van der Waals surface area contributed by atoms with Crippen LogP contribution in [0, 0.1) is 11.8 Å². The molecule has 17 heavy (non-hydrogen) atoms. The number of esters is 2. The van der Waals surface area contributed by atoms with Crippen LogP contribution in [0.3, 0.4) is 0 Å². The third-order valence-corrected chi connectivity index (χ3v) is 4.17. The fraction of sp³-hybridized carbons (Fsp3) is 0.846. The first kappa shape index (κ1) is 12.4. The minimum absolute atomic E-state index is 0.218. The van der Waals surface area contributed by atoms with E-state index in [1.807, 2.05) is 6.92 Å². The minimum atomic E-state index is -0.566. The second kappa shape index (κ2) is 4.67. The van der Waals surface area contributed by atoms with Gasteiger partial charge in [-0.25, -0.2) is 0 Å². The lowest BCUT2D eigenvalue weighted by atomic mass is 9.72. The summed E-state index contributed by atoms with van der Waals surface area (Å²) in [5.74, 6) is -1.22. The zero-order chi connectivity index (χ0) is 12.5. The predicted octanol–water partition coefficient (Wildman–Crippen LogP) is 2.06. The number of carbonyl (C=O) groups excluding carboxylic acids is 2. The van der Waals surface area contributed by atoms with Crippen LogP contribution in [0.5, 0.6) is 0 Å². The summed E-state index contributed by atoms with van der Waals surface area (Å²) in [6, 6.07) is 0. The van der Waals surface area contributed by atoms with Gasteiger partial charge in [0.2, 0.25) is 0 Å². The lowest BCUT2D eigenvalue weighted by Crippen LogP contribution is -2.43. The number of hydrogen-bond donors (Lipinski definition) is 0. The Morgan fingerprint density at radius 1 is 1.41 bits per heavy atom. The van der Waals surface area contributed by atoms with E-state index in [-0.39, 0.29) is 17.9 Å².